The molecule has 3 rings (SSSR count). The summed E-state index contributed by atoms with van der Waals surface area (Å²) in [4.78, 5) is 14.6. The fraction of sp³-hybridized carbons (Fsp3) is 0.524. The van der Waals surface area contributed by atoms with E-state index in [1.165, 1.54) is 11.8 Å². The van der Waals surface area contributed by atoms with E-state index in [1.54, 1.807) is 0 Å². The molecule has 1 fully saturated rings. The fourth-order valence-electron chi connectivity index (χ4n) is 3.70. The first-order valence-corrected chi connectivity index (χ1v) is 9.63. The molecule has 1 aromatic carbocycles. The normalized spacial score (nSPS) is 16.6. The van der Waals surface area contributed by atoms with Gasteiger partial charge in [0, 0.05) is 19.5 Å². The summed E-state index contributed by atoms with van der Waals surface area (Å²) in [6.07, 6.45) is 6.23. The molecule has 1 atom stereocenters. The SMILES string of the molecule is CCCc1oncc1C(=O)N1CCC([C@H](O)CCc2ccccc2)CC1. The monoisotopic (exact) mass is 356 g/mol. The highest BCUT2D eigenvalue weighted by Crippen LogP contribution is 2.25. The zero-order valence-electron chi connectivity index (χ0n) is 15.4. The van der Waals surface area contributed by atoms with E-state index in [4.69, 9.17) is 4.52 Å². The van der Waals surface area contributed by atoms with Crippen molar-refractivity contribution in [3.05, 3.63) is 53.4 Å². The van der Waals surface area contributed by atoms with Crippen LogP contribution in [0.15, 0.2) is 41.1 Å². The number of amides is 1. The number of aromatic nitrogens is 1. The molecule has 26 heavy (non-hydrogen) atoms. The van der Waals surface area contributed by atoms with Gasteiger partial charge in [0.1, 0.15) is 11.3 Å². The van der Waals surface area contributed by atoms with E-state index in [0.717, 1.165) is 38.5 Å². The quantitative estimate of drug-likeness (QED) is 0.825. The van der Waals surface area contributed by atoms with Crippen molar-refractivity contribution in [2.24, 2.45) is 5.92 Å². The number of carbonyl (C=O) groups excluding carboxylic acids is 1. The summed E-state index contributed by atoms with van der Waals surface area (Å²) in [7, 11) is 0. The van der Waals surface area contributed by atoms with Crippen LogP contribution in [0, 0.1) is 5.92 Å². The van der Waals surface area contributed by atoms with E-state index >= 15 is 0 Å². The number of rotatable bonds is 7. The van der Waals surface area contributed by atoms with E-state index in [2.05, 4.69) is 24.2 Å². The van der Waals surface area contributed by atoms with Crippen LogP contribution in [0.2, 0.25) is 0 Å². The highest BCUT2D eigenvalue weighted by molar-refractivity contribution is 5.94. The Kier molecular flexibility index (Phi) is 6.45. The van der Waals surface area contributed by atoms with Gasteiger partial charge in [-0.05, 0) is 43.6 Å². The molecule has 2 aromatic rings. The van der Waals surface area contributed by atoms with Crippen molar-refractivity contribution in [3.63, 3.8) is 0 Å². The summed E-state index contributed by atoms with van der Waals surface area (Å²) in [6.45, 7) is 3.42. The molecule has 1 aliphatic rings. The molecular weight excluding hydrogens is 328 g/mol. The summed E-state index contributed by atoms with van der Waals surface area (Å²) in [5, 5.41) is 14.3. The number of benzene rings is 1. The minimum atomic E-state index is -0.307. The van der Waals surface area contributed by atoms with E-state index in [0.29, 0.717) is 24.4 Å². The summed E-state index contributed by atoms with van der Waals surface area (Å²) in [5.41, 5.74) is 1.85. The van der Waals surface area contributed by atoms with Gasteiger partial charge >= 0.3 is 0 Å². The second-order valence-corrected chi connectivity index (χ2v) is 7.13. The number of aliphatic hydroxyl groups is 1. The maximum Gasteiger partial charge on any atom is 0.259 e. The third kappa shape index (κ3) is 4.52. The lowest BCUT2D eigenvalue weighted by Gasteiger charge is -2.34. The summed E-state index contributed by atoms with van der Waals surface area (Å²) in [6, 6.07) is 10.3. The second kappa shape index (κ2) is 8.99. The van der Waals surface area contributed by atoms with Crippen LogP contribution in [-0.2, 0) is 12.8 Å². The van der Waals surface area contributed by atoms with Gasteiger partial charge in [-0.25, -0.2) is 0 Å². The molecule has 1 N–H and O–H groups in total. The number of hydrogen-bond acceptors (Lipinski definition) is 4. The van der Waals surface area contributed by atoms with Gasteiger partial charge in [0.05, 0.1) is 12.3 Å². The number of aryl methyl sites for hydroxylation is 2. The van der Waals surface area contributed by atoms with E-state index in [-0.39, 0.29) is 17.9 Å². The molecule has 1 saturated heterocycles. The van der Waals surface area contributed by atoms with Crippen LogP contribution in [0.5, 0.6) is 0 Å². The maximum atomic E-state index is 12.7. The van der Waals surface area contributed by atoms with Crippen LogP contribution in [0.25, 0.3) is 0 Å². The minimum Gasteiger partial charge on any atom is -0.393 e. The Hall–Kier alpha value is -2.14. The van der Waals surface area contributed by atoms with E-state index < -0.39 is 0 Å². The Morgan fingerprint density at radius 3 is 2.69 bits per heavy atom. The highest BCUT2D eigenvalue weighted by Gasteiger charge is 2.29. The molecule has 2 heterocycles. The second-order valence-electron chi connectivity index (χ2n) is 7.13. The van der Waals surface area contributed by atoms with E-state index in [9.17, 15) is 9.90 Å². The molecule has 1 aromatic heterocycles. The zero-order chi connectivity index (χ0) is 18.4. The first-order valence-electron chi connectivity index (χ1n) is 9.63. The summed E-state index contributed by atoms with van der Waals surface area (Å²) < 4.78 is 5.21. The molecule has 5 nitrogen and oxygen atoms in total. The number of carbonyl (C=O) groups is 1. The lowest BCUT2D eigenvalue weighted by atomic mass is 9.88. The van der Waals surface area contributed by atoms with Crippen molar-refractivity contribution in [2.75, 3.05) is 13.1 Å². The maximum absolute atomic E-state index is 12.7. The zero-order valence-corrected chi connectivity index (χ0v) is 15.4. The minimum absolute atomic E-state index is 0.00641. The summed E-state index contributed by atoms with van der Waals surface area (Å²) in [5.74, 6) is 0.954. The Balaban J connectivity index is 1.49. The molecule has 0 bridgehead atoms. The van der Waals surface area contributed by atoms with Gasteiger partial charge in [0.2, 0.25) is 0 Å². The Labute approximate surface area is 155 Å². The third-order valence-corrected chi connectivity index (χ3v) is 5.30. The topological polar surface area (TPSA) is 66.6 Å². The molecule has 0 spiro atoms. The van der Waals surface area contributed by atoms with Gasteiger partial charge in [-0.1, -0.05) is 42.4 Å². The van der Waals surface area contributed by atoms with Crippen LogP contribution in [0.4, 0.5) is 0 Å². The molecule has 5 heteroatoms. The van der Waals surface area contributed by atoms with E-state index in [1.807, 2.05) is 23.1 Å². The Morgan fingerprint density at radius 2 is 2.00 bits per heavy atom. The molecule has 1 aliphatic heterocycles. The summed E-state index contributed by atoms with van der Waals surface area (Å²) >= 11 is 0. The molecule has 0 unspecified atom stereocenters. The van der Waals surface area contributed by atoms with Crippen molar-refractivity contribution < 1.29 is 14.4 Å². The molecule has 0 aliphatic carbocycles. The average Bonchev–Trinajstić information content (AvgIpc) is 3.15. The Morgan fingerprint density at radius 1 is 1.27 bits per heavy atom. The Bertz CT molecular complexity index is 690. The van der Waals surface area contributed by atoms with Gasteiger partial charge < -0.3 is 14.5 Å². The number of nitrogens with zero attached hydrogens (tertiary/aromatic N) is 2. The molecule has 0 saturated carbocycles. The number of aliphatic hydroxyl groups excluding tert-OH is 1. The molecule has 140 valence electrons. The lowest BCUT2D eigenvalue weighted by molar-refractivity contribution is 0.0435. The predicted molar refractivity (Wildman–Crippen MR) is 99.9 cm³/mol. The molecular formula is C21H28N2O3. The van der Waals surface area contributed by atoms with Gasteiger partial charge in [-0.3, -0.25) is 4.79 Å². The largest absolute Gasteiger partial charge is 0.393 e. The van der Waals surface area contributed by atoms with Gasteiger partial charge in [-0.15, -0.1) is 0 Å². The average molecular weight is 356 g/mol. The van der Waals surface area contributed by atoms with Crippen molar-refractivity contribution in [2.45, 2.75) is 51.6 Å². The molecule has 1 amide bonds. The van der Waals surface area contributed by atoms with Crippen LogP contribution < -0.4 is 0 Å². The third-order valence-electron chi connectivity index (χ3n) is 5.30. The smallest absolute Gasteiger partial charge is 0.259 e. The first kappa shape index (κ1) is 18.6. The highest BCUT2D eigenvalue weighted by atomic mass is 16.5. The first-order chi connectivity index (χ1) is 12.7. The van der Waals surface area contributed by atoms with Crippen LogP contribution in [-0.4, -0.2) is 40.3 Å². The van der Waals surface area contributed by atoms with Crippen molar-refractivity contribution in [1.29, 1.82) is 0 Å². The fourth-order valence-corrected chi connectivity index (χ4v) is 3.70. The van der Waals surface area contributed by atoms with Crippen LogP contribution in [0.3, 0.4) is 0 Å². The van der Waals surface area contributed by atoms with Crippen molar-refractivity contribution >= 4 is 5.91 Å². The predicted octanol–water partition coefficient (Wildman–Crippen LogP) is 3.47. The number of hydrogen-bond donors (Lipinski definition) is 1. The van der Waals surface area contributed by atoms with Crippen molar-refractivity contribution in [3.8, 4) is 0 Å². The number of likely N-dealkylation sites (tertiary alicyclic amines) is 1. The van der Waals surface area contributed by atoms with Crippen LogP contribution in [0.1, 0.15) is 54.3 Å². The van der Waals surface area contributed by atoms with Gasteiger partial charge in [0.25, 0.3) is 5.91 Å². The lowest BCUT2D eigenvalue weighted by Crippen LogP contribution is -2.41. The number of piperidine rings is 1. The van der Waals surface area contributed by atoms with Gasteiger partial charge in [0.15, 0.2) is 0 Å². The van der Waals surface area contributed by atoms with Gasteiger partial charge in [-0.2, -0.15) is 0 Å². The standard InChI is InChI=1S/C21H28N2O3/c1-2-6-20-18(15-22-26-20)21(25)23-13-11-17(12-14-23)19(24)10-9-16-7-4-3-5-8-16/h3-5,7-8,15,17,19,24H,2,6,9-14H2,1H3/t19-/m1/s1. The molecule has 0 radical (unpaired) electrons. The van der Waals surface area contributed by atoms with Crippen LogP contribution >= 0.6 is 0 Å². The van der Waals surface area contributed by atoms with Crippen molar-refractivity contribution in [1.82, 2.24) is 10.1 Å².